The highest BCUT2D eigenvalue weighted by Gasteiger charge is 2.05. The first-order chi connectivity index (χ1) is 15.8. The fraction of sp³-hybridized carbons (Fsp3) is 0.172. The van der Waals surface area contributed by atoms with E-state index in [0.717, 1.165) is 35.1 Å². The Balaban J connectivity index is 0.000000331. The largest absolute Gasteiger partial charge is 0.478 e. The lowest BCUT2D eigenvalue weighted by Gasteiger charge is -2.05. The van der Waals surface area contributed by atoms with E-state index in [-0.39, 0.29) is 5.97 Å². The highest BCUT2D eigenvalue weighted by molar-refractivity contribution is 5.93. The zero-order chi connectivity index (χ0) is 24.6. The molecule has 0 heterocycles. The molecule has 2 rings (SSSR count). The van der Waals surface area contributed by atoms with Gasteiger partial charge in [-0.2, -0.15) is 0 Å². The number of rotatable bonds is 10. The minimum Gasteiger partial charge on any atom is -0.478 e. The lowest BCUT2D eigenvalue weighted by molar-refractivity contribution is -0.138. The lowest BCUT2D eigenvalue weighted by atomic mass is 9.99. The summed E-state index contributed by atoms with van der Waals surface area (Å²) in [6.07, 6.45) is 10.5. The quantitative estimate of drug-likeness (QED) is 0.184. The second-order valence-electron chi connectivity index (χ2n) is 7.15. The molecule has 0 radical (unpaired) electrons. The summed E-state index contributed by atoms with van der Waals surface area (Å²) in [5.41, 5.74) is 4.40. The van der Waals surface area contributed by atoms with Gasteiger partial charge in [-0.05, 0) is 47.8 Å². The average molecular weight is 445 g/mol. The molecule has 0 saturated carbocycles. The standard InChI is InChI=1S/C15H18O2.C14H14O2/c1-3-4-12-17-15(16)13(2)10-11-14-8-6-5-7-9-14;1-4-11-7-6-8-12(13(11)5-2)9-10(3)14(15)16/h5-11H,2-4,12H2,1H3;4-9H,1-2H2,3H3,(H,15,16). The second-order valence-corrected chi connectivity index (χ2v) is 7.15. The van der Waals surface area contributed by atoms with Gasteiger partial charge in [-0.15, -0.1) is 0 Å². The second kappa shape index (κ2) is 15.0. The maximum atomic E-state index is 11.5. The van der Waals surface area contributed by atoms with Crippen molar-refractivity contribution in [3.8, 4) is 0 Å². The summed E-state index contributed by atoms with van der Waals surface area (Å²) in [5.74, 6) is -1.26. The fourth-order valence-electron chi connectivity index (χ4n) is 2.67. The maximum Gasteiger partial charge on any atom is 0.337 e. The zero-order valence-electron chi connectivity index (χ0n) is 19.4. The number of carbonyl (C=O) groups excluding carboxylic acids is 1. The van der Waals surface area contributed by atoms with Crippen molar-refractivity contribution in [2.45, 2.75) is 26.7 Å². The molecule has 33 heavy (non-hydrogen) atoms. The molecule has 0 saturated heterocycles. The Morgan fingerprint density at radius 2 is 1.67 bits per heavy atom. The van der Waals surface area contributed by atoms with Crippen LogP contribution in [0.25, 0.3) is 24.3 Å². The van der Waals surface area contributed by atoms with Gasteiger partial charge in [0.1, 0.15) is 0 Å². The van der Waals surface area contributed by atoms with Gasteiger partial charge in [0.25, 0.3) is 0 Å². The Morgan fingerprint density at radius 3 is 2.24 bits per heavy atom. The third kappa shape index (κ3) is 9.83. The molecule has 0 atom stereocenters. The van der Waals surface area contributed by atoms with Gasteiger partial charge in [0.2, 0.25) is 0 Å². The zero-order valence-corrected chi connectivity index (χ0v) is 19.4. The molecule has 0 aliphatic heterocycles. The Morgan fingerprint density at radius 1 is 1.00 bits per heavy atom. The molecule has 0 aliphatic rings. The average Bonchev–Trinajstić information content (AvgIpc) is 2.83. The summed E-state index contributed by atoms with van der Waals surface area (Å²) < 4.78 is 5.04. The molecule has 4 nitrogen and oxygen atoms in total. The number of carbonyl (C=O) groups is 2. The molecule has 0 fully saturated rings. The molecule has 0 bridgehead atoms. The number of aliphatic carboxylic acids is 1. The minimum atomic E-state index is -0.918. The summed E-state index contributed by atoms with van der Waals surface area (Å²) >= 11 is 0. The maximum absolute atomic E-state index is 11.5. The van der Waals surface area contributed by atoms with Crippen molar-refractivity contribution in [2.75, 3.05) is 6.61 Å². The van der Waals surface area contributed by atoms with Crippen LogP contribution in [-0.2, 0) is 14.3 Å². The molecule has 2 aromatic carbocycles. The van der Waals surface area contributed by atoms with Crippen LogP contribution in [-0.4, -0.2) is 23.7 Å². The van der Waals surface area contributed by atoms with Crippen molar-refractivity contribution in [3.05, 3.63) is 108 Å². The van der Waals surface area contributed by atoms with E-state index in [1.54, 1.807) is 31.2 Å². The first kappa shape index (κ1) is 27.1. The van der Waals surface area contributed by atoms with E-state index in [9.17, 15) is 9.59 Å². The molecule has 172 valence electrons. The van der Waals surface area contributed by atoms with Gasteiger partial charge in [0.15, 0.2) is 0 Å². The molecular weight excluding hydrogens is 412 g/mol. The summed E-state index contributed by atoms with van der Waals surface area (Å²) in [5, 5.41) is 8.82. The number of hydrogen-bond acceptors (Lipinski definition) is 3. The van der Waals surface area contributed by atoms with Gasteiger partial charge in [-0.1, -0.05) is 99.8 Å². The number of hydrogen-bond donors (Lipinski definition) is 1. The van der Waals surface area contributed by atoms with Crippen molar-refractivity contribution in [2.24, 2.45) is 0 Å². The smallest absolute Gasteiger partial charge is 0.337 e. The first-order valence-corrected chi connectivity index (χ1v) is 10.7. The summed E-state index contributed by atoms with van der Waals surface area (Å²) in [6.45, 7) is 15.2. The van der Waals surface area contributed by atoms with Crippen LogP contribution in [0.3, 0.4) is 0 Å². The molecule has 1 N–H and O–H groups in total. The molecule has 4 heteroatoms. The third-order valence-electron chi connectivity index (χ3n) is 4.58. The van der Waals surface area contributed by atoms with Gasteiger partial charge in [0, 0.05) is 5.57 Å². The Bertz CT molecular complexity index is 1030. The van der Waals surface area contributed by atoms with E-state index < -0.39 is 5.97 Å². The first-order valence-electron chi connectivity index (χ1n) is 10.7. The van der Waals surface area contributed by atoms with E-state index in [1.807, 2.05) is 54.6 Å². The number of ether oxygens (including phenoxy) is 1. The number of esters is 1. The van der Waals surface area contributed by atoms with Crippen molar-refractivity contribution in [1.82, 2.24) is 0 Å². The SMILES string of the molecule is C=C(C=Cc1ccccc1)C(=O)OCCCC.C=Cc1cccc(C=C(C)C(=O)O)c1C=C. The van der Waals surface area contributed by atoms with Crippen molar-refractivity contribution in [1.29, 1.82) is 0 Å². The number of carboxylic acid groups (broad SMARTS) is 1. The van der Waals surface area contributed by atoms with Crippen LogP contribution >= 0.6 is 0 Å². The summed E-state index contributed by atoms with van der Waals surface area (Å²) in [4.78, 5) is 22.2. The predicted molar refractivity (Wildman–Crippen MR) is 138 cm³/mol. The van der Waals surface area contributed by atoms with Crippen LogP contribution in [0.4, 0.5) is 0 Å². The van der Waals surface area contributed by atoms with E-state index in [1.165, 1.54) is 0 Å². The number of carboxylic acids is 1. The molecule has 0 amide bonds. The number of benzene rings is 2. The van der Waals surface area contributed by atoms with E-state index in [0.29, 0.717) is 17.8 Å². The predicted octanol–water partition coefficient (Wildman–Crippen LogP) is 7.06. The lowest BCUT2D eigenvalue weighted by Crippen LogP contribution is -2.06. The normalized spacial score (nSPS) is 10.7. The van der Waals surface area contributed by atoms with Crippen molar-refractivity contribution in [3.63, 3.8) is 0 Å². The monoisotopic (exact) mass is 444 g/mol. The Kier molecular flexibility index (Phi) is 12.3. The van der Waals surface area contributed by atoms with Crippen LogP contribution in [0.15, 0.2) is 85.5 Å². The molecular formula is C29H32O4. The van der Waals surface area contributed by atoms with Gasteiger partial charge in [0.05, 0.1) is 12.2 Å². The molecule has 2 aromatic rings. The van der Waals surface area contributed by atoms with E-state index in [4.69, 9.17) is 9.84 Å². The van der Waals surface area contributed by atoms with Crippen LogP contribution in [0.1, 0.15) is 48.9 Å². The fourth-order valence-corrected chi connectivity index (χ4v) is 2.67. The highest BCUT2D eigenvalue weighted by atomic mass is 16.5. The van der Waals surface area contributed by atoms with Crippen LogP contribution in [0.2, 0.25) is 0 Å². The van der Waals surface area contributed by atoms with Crippen molar-refractivity contribution < 1.29 is 19.4 Å². The van der Waals surface area contributed by atoms with Crippen LogP contribution in [0.5, 0.6) is 0 Å². The molecule has 0 spiro atoms. The summed E-state index contributed by atoms with van der Waals surface area (Å²) in [6, 6.07) is 15.4. The van der Waals surface area contributed by atoms with Gasteiger partial charge < -0.3 is 9.84 Å². The Hall–Kier alpha value is -3.92. The van der Waals surface area contributed by atoms with E-state index >= 15 is 0 Å². The van der Waals surface area contributed by atoms with Gasteiger partial charge in [-0.25, -0.2) is 9.59 Å². The molecule has 0 aromatic heterocycles. The third-order valence-corrected chi connectivity index (χ3v) is 4.58. The summed E-state index contributed by atoms with van der Waals surface area (Å²) in [7, 11) is 0. The van der Waals surface area contributed by atoms with Gasteiger partial charge in [-0.3, -0.25) is 0 Å². The number of unbranched alkanes of at least 4 members (excludes halogenated alkanes) is 1. The van der Waals surface area contributed by atoms with Gasteiger partial charge >= 0.3 is 11.9 Å². The topological polar surface area (TPSA) is 63.6 Å². The molecule has 0 unspecified atom stereocenters. The minimum absolute atomic E-state index is 0.296. The van der Waals surface area contributed by atoms with Crippen LogP contribution < -0.4 is 0 Å². The molecule has 0 aliphatic carbocycles. The highest BCUT2D eigenvalue weighted by Crippen LogP contribution is 2.20. The Labute approximate surface area is 196 Å². The van der Waals surface area contributed by atoms with Crippen molar-refractivity contribution >= 4 is 36.2 Å². The van der Waals surface area contributed by atoms with Crippen LogP contribution in [0, 0.1) is 0 Å². The van der Waals surface area contributed by atoms with E-state index in [2.05, 4.69) is 26.7 Å².